The number of carbonyl (C=O) groups excluding carboxylic acids is 2. The number of alkyl halides is 1. The van der Waals surface area contributed by atoms with E-state index >= 15 is 0 Å². The van der Waals surface area contributed by atoms with Crippen LogP contribution >= 0.6 is 0 Å². The van der Waals surface area contributed by atoms with Crippen molar-refractivity contribution in [2.75, 3.05) is 40.7 Å². The third-order valence-electron chi connectivity index (χ3n) is 13.3. The Kier molecular flexibility index (Phi) is 11.9. The minimum absolute atomic E-state index is 0.0684. The van der Waals surface area contributed by atoms with Crippen molar-refractivity contribution in [2.45, 2.75) is 74.1 Å². The van der Waals surface area contributed by atoms with Gasteiger partial charge in [0.25, 0.3) is 10.1 Å². The number of hydrogen-bond acceptors (Lipinski definition) is 15. The van der Waals surface area contributed by atoms with Crippen LogP contribution in [0.15, 0.2) is 89.8 Å². The number of ketones is 2. The van der Waals surface area contributed by atoms with E-state index in [-0.39, 0.29) is 49.5 Å². The van der Waals surface area contributed by atoms with E-state index in [0.717, 1.165) is 5.56 Å². The first-order valence-electron chi connectivity index (χ1n) is 22.5. The molecule has 0 saturated heterocycles. The van der Waals surface area contributed by atoms with Crippen molar-refractivity contribution < 1.29 is 74.7 Å². The number of ether oxygens (including phenoxy) is 8. The van der Waals surface area contributed by atoms with Gasteiger partial charge in [0.2, 0.25) is 0 Å². The molecule has 0 aliphatic carbocycles. The van der Waals surface area contributed by atoms with Gasteiger partial charge in [-0.05, 0) is 106 Å². The topological polar surface area (TPSA) is 192 Å². The molecule has 6 heterocycles. The maximum absolute atomic E-state index is 13.8. The Morgan fingerprint density at radius 2 is 1.14 bits per heavy atom. The van der Waals surface area contributed by atoms with Crippen LogP contribution in [0, 0.1) is 6.92 Å². The van der Waals surface area contributed by atoms with Gasteiger partial charge in [-0.1, -0.05) is 17.7 Å². The van der Waals surface area contributed by atoms with Crippen LogP contribution in [0.2, 0.25) is 0 Å². The largest absolute Gasteiger partial charge is 0.496 e. The van der Waals surface area contributed by atoms with Gasteiger partial charge < -0.3 is 48.1 Å². The summed E-state index contributed by atoms with van der Waals surface area (Å²) < 4.78 is 91.2. The van der Waals surface area contributed by atoms with Gasteiger partial charge in [0.15, 0.2) is 17.2 Å². The average molecular weight is 976 g/mol. The van der Waals surface area contributed by atoms with Gasteiger partial charge in [0.05, 0.1) is 66.4 Å². The van der Waals surface area contributed by atoms with Gasteiger partial charge in [0, 0.05) is 22.3 Å². The highest BCUT2D eigenvalue weighted by Crippen LogP contribution is 2.51. The Morgan fingerprint density at radius 3 is 1.60 bits per heavy atom. The Balaban J connectivity index is 0.000000169. The van der Waals surface area contributed by atoms with Crippen LogP contribution in [0.4, 0.5) is 4.39 Å². The molecule has 6 aliphatic rings. The van der Waals surface area contributed by atoms with Crippen LogP contribution in [0.5, 0.6) is 46.0 Å². The fourth-order valence-corrected chi connectivity index (χ4v) is 10.5. The van der Waals surface area contributed by atoms with E-state index in [0.29, 0.717) is 90.5 Å². The van der Waals surface area contributed by atoms with Gasteiger partial charge in [-0.15, -0.1) is 0 Å². The second kappa shape index (κ2) is 17.8. The van der Waals surface area contributed by atoms with E-state index in [1.54, 1.807) is 98.8 Å². The van der Waals surface area contributed by atoms with E-state index in [1.165, 1.54) is 26.4 Å². The first kappa shape index (κ1) is 46.8. The zero-order chi connectivity index (χ0) is 49.3. The summed E-state index contributed by atoms with van der Waals surface area (Å²) in [7, 11) is -0.961. The van der Waals surface area contributed by atoms with E-state index < -0.39 is 52.0 Å². The molecule has 5 aromatic rings. The number of halogens is 1. The smallest absolute Gasteiger partial charge is 0.297 e. The SMILES string of the molecule is COc1cc2c(cc1CO)OC[C@H]1Oc3c(ccc4c3C=CC(C)(COS(=O)(=O)c3ccc(C)cc3)O4)C(=O)[C@@H]21.COc1cc2c(cc1CO)OC[C@H]1Oc3c(ccc4c3C=CC(C)(C[18F])O4)C(=O)[C@@H]21. The molecule has 0 saturated carbocycles. The van der Waals surface area contributed by atoms with E-state index in [1.807, 2.05) is 6.92 Å². The molecular formula is C53H49FO15S. The highest BCUT2D eigenvalue weighted by molar-refractivity contribution is 7.86. The molecule has 15 nitrogen and oxygen atoms in total. The fourth-order valence-electron chi connectivity index (χ4n) is 9.50. The second-order valence-corrected chi connectivity index (χ2v) is 19.8. The Hall–Kier alpha value is -6.92. The first-order valence-corrected chi connectivity index (χ1v) is 23.9. The Labute approximate surface area is 403 Å². The van der Waals surface area contributed by atoms with Crippen molar-refractivity contribution >= 4 is 33.8 Å². The number of hydrogen-bond donors (Lipinski definition) is 2. The summed E-state index contributed by atoms with van der Waals surface area (Å²) in [5.41, 5.74) is 3.38. The second-order valence-electron chi connectivity index (χ2n) is 18.2. The lowest BCUT2D eigenvalue weighted by atomic mass is 9.80. The molecule has 0 radical (unpaired) electrons. The predicted octanol–water partition coefficient (Wildman–Crippen LogP) is 7.63. The minimum Gasteiger partial charge on any atom is -0.496 e. The number of aryl methyl sites for hydroxylation is 1. The number of Topliss-reactive ketones (excluding diaryl/α,β-unsaturated/α-hetero) is 2. The van der Waals surface area contributed by atoms with Gasteiger partial charge in [-0.3, -0.25) is 13.8 Å². The van der Waals surface area contributed by atoms with Crippen LogP contribution in [0.25, 0.3) is 12.2 Å². The van der Waals surface area contributed by atoms with Crippen molar-refractivity contribution in [1.29, 1.82) is 0 Å². The predicted molar refractivity (Wildman–Crippen MR) is 251 cm³/mol. The number of aliphatic hydroxyl groups is 2. The molecule has 5 aromatic carbocycles. The summed E-state index contributed by atoms with van der Waals surface area (Å²) in [6.45, 7) is 4.27. The van der Waals surface area contributed by atoms with Crippen LogP contribution < -0.4 is 37.9 Å². The molecule has 0 amide bonds. The summed E-state index contributed by atoms with van der Waals surface area (Å²) in [5, 5.41) is 19.2. The zero-order valence-corrected chi connectivity index (χ0v) is 39.6. The Bertz CT molecular complexity index is 3130. The average Bonchev–Trinajstić information content (AvgIpc) is 3.37. The quantitative estimate of drug-likeness (QED) is 0.137. The molecule has 0 bridgehead atoms. The third kappa shape index (κ3) is 8.09. The van der Waals surface area contributed by atoms with Crippen LogP contribution in [-0.4, -0.2) is 94.3 Å². The lowest BCUT2D eigenvalue weighted by molar-refractivity contribution is 0.0538. The lowest BCUT2D eigenvalue weighted by Gasteiger charge is -2.39. The molecule has 364 valence electrons. The van der Waals surface area contributed by atoms with Crippen LogP contribution in [0.3, 0.4) is 0 Å². The van der Waals surface area contributed by atoms with Crippen molar-refractivity contribution in [3.63, 3.8) is 0 Å². The monoisotopic (exact) mass is 975 g/mol. The van der Waals surface area contributed by atoms with Gasteiger partial charge in [-0.2, -0.15) is 8.42 Å². The number of fused-ring (bicyclic) bond motifs is 12. The number of rotatable bonds is 9. The van der Waals surface area contributed by atoms with E-state index in [2.05, 4.69) is 0 Å². The van der Waals surface area contributed by atoms with E-state index in [9.17, 15) is 32.6 Å². The number of carbonyl (C=O) groups is 2. The fraction of sp³-hybridized carbons (Fsp3) is 0.321. The molecule has 6 atom stereocenters. The molecule has 0 fully saturated rings. The molecule has 70 heavy (non-hydrogen) atoms. The number of aliphatic hydroxyl groups excluding tert-OH is 2. The summed E-state index contributed by atoms with van der Waals surface area (Å²) in [4.78, 5) is 27.3. The summed E-state index contributed by atoms with van der Waals surface area (Å²) >= 11 is 0. The van der Waals surface area contributed by atoms with Crippen LogP contribution in [0.1, 0.15) is 85.3 Å². The van der Waals surface area contributed by atoms with Crippen molar-refractivity contribution in [3.8, 4) is 46.0 Å². The van der Waals surface area contributed by atoms with E-state index in [4.69, 9.17) is 42.1 Å². The highest BCUT2D eigenvalue weighted by atomic mass is 32.2. The first-order chi connectivity index (χ1) is 33.6. The summed E-state index contributed by atoms with van der Waals surface area (Å²) in [5.74, 6) is 2.41. The molecular weight excluding hydrogens is 927 g/mol. The van der Waals surface area contributed by atoms with Gasteiger partial charge in [0.1, 0.15) is 90.3 Å². The highest BCUT2D eigenvalue weighted by Gasteiger charge is 2.47. The number of methoxy groups -OCH3 is 2. The minimum atomic E-state index is -3.98. The number of benzene rings is 5. The lowest BCUT2D eigenvalue weighted by Crippen LogP contribution is -2.43. The van der Waals surface area contributed by atoms with Crippen LogP contribution in [-0.2, 0) is 27.5 Å². The molecule has 17 heteroatoms. The van der Waals surface area contributed by atoms with Crippen molar-refractivity contribution in [3.05, 3.63) is 135 Å². The van der Waals surface area contributed by atoms with Crippen molar-refractivity contribution in [2.24, 2.45) is 0 Å². The molecule has 2 N–H and O–H groups in total. The maximum Gasteiger partial charge on any atom is 0.297 e. The van der Waals surface area contributed by atoms with Gasteiger partial charge >= 0.3 is 0 Å². The molecule has 2 unspecified atom stereocenters. The molecule has 6 aliphatic heterocycles. The zero-order valence-electron chi connectivity index (χ0n) is 38.8. The molecule has 11 rings (SSSR count). The third-order valence-corrected chi connectivity index (χ3v) is 14.6. The normalized spacial score (nSPS) is 23.9. The molecule has 0 aromatic heterocycles. The summed E-state index contributed by atoms with van der Waals surface area (Å²) in [6.07, 6.45) is 5.77. The Morgan fingerprint density at radius 1 is 0.671 bits per heavy atom. The maximum atomic E-state index is 13.8. The standard InChI is InChI=1S/C30H28O9S.C23H21FO6/c1-17-4-6-19(7-5-17)40(33,34)37-16-30(2)11-10-20-23(39-30)9-8-21-28(32)27-22-13-24(35-3)18(14-31)12-25(22)36-15-26(27)38-29(20)21;1-23(11-24)6-5-13-16(30-23)4-3-14-21(26)20-15-8-17(27-2)12(9-25)7-18(15)28-10-19(20)29-22(13)14/h4-13,26-27,31H,14-16H2,1-3H3;3-8,19-20,25H,9-11H2,1-2H3/t26-,27+,30?;19-,20+,23?/m11/s1/i;24-1. The van der Waals surface area contributed by atoms with Crippen molar-refractivity contribution in [1.82, 2.24) is 0 Å². The summed E-state index contributed by atoms with van der Waals surface area (Å²) in [6, 6.07) is 20.0. The molecule has 0 spiro atoms. The van der Waals surface area contributed by atoms with Gasteiger partial charge in [-0.25, -0.2) is 4.39 Å².